The van der Waals surface area contributed by atoms with E-state index in [2.05, 4.69) is 5.32 Å². The summed E-state index contributed by atoms with van der Waals surface area (Å²) in [5, 5.41) is 2.84. The van der Waals surface area contributed by atoms with Crippen molar-refractivity contribution in [3.8, 4) is 0 Å². The van der Waals surface area contributed by atoms with Gasteiger partial charge in [-0.25, -0.2) is 12.7 Å². The smallest absolute Gasteiger partial charge is 0.246 e. The second-order valence-electron chi connectivity index (χ2n) is 4.69. The van der Waals surface area contributed by atoms with Crippen molar-refractivity contribution < 1.29 is 18.0 Å². The molecule has 0 radical (unpaired) electrons. The quantitative estimate of drug-likeness (QED) is 0.608. The van der Waals surface area contributed by atoms with Crippen molar-refractivity contribution in [2.75, 3.05) is 32.9 Å². The second-order valence-corrected chi connectivity index (χ2v) is 7.00. The minimum atomic E-state index is -3.28. The van der Waals surface area contributed by atoms with Crippen molar-refractivity contribution in [1.82, 2.24) is 14.5 Å². The van der Waals surface area contributed by atoms with E-state index in [1.165, 1.54) is 19.0 Å². The molecule has 0 saturated carbocycles. The highest BCUT2D eigenvalue weighted by molar-refractivity contribution is 7.89. The van der Waals surface area contributed by atoms with E-state index in [0.717, 1.165) is 10.7 Å². The number of nitrogens with zero attached hydrogens (tertiary/aromatic N) is 2. The third-order valence-corrected chi connectivity index (χ3v) is 4.83. The van der Waals surface area contributed by atoms with Crippen LogP contribution < -0.4 is 5.32 Å². The average Bonchev–Trinajstić information content (AvgIpc) is 2.57. The van der Waals surface area contributed by atoms with Gasteiger partial charge in [-0.3, -0.25) is 14.5 Å². The number of amides is 2. The zero-order valence-corrected chi connectivity index (χ0v) is 12.4. The lowest BCUT2D eigenvalue weighted by Gasteiger charge is -2.15. The lowest BCUT2D eigenvalue weighted by molar-refractivity contribution is -0.138. The normalized spacial score (nSPS) is 20.6. The molecular formula is C11H21N3O4S. The zero-order valence-electron chi connectivity index (χ0n) is 11.5. The number of likely N-dealkylation sites (tertiary alicyclic amines) is 1. The molecule has 0 aromatic rings. The predicted molar refractivity (Wildman–Crippen MR) is 70.9 cm³/mol. The molecule has 0 aliphatic carbocycles. The van der Waals surface area contributed by atoms with Gasteiger partial charge < -0.3 is 5.32 Å². The molecule has 1 atom stereocenters. The summed E-state index contributed by atoms with van der Waals surface area (Å²) in [6.07, 6.45) is 0.833. The van der Waals surface area contributed by atoms with Crippen LogP contribution in [-0.4, -0.2) is 68.4 Å². The highest BCUT2D eigenvalue weighted by atomic mass is 32.2. The van der Waals surface area contributed by atoms with Crippen molar-refractivity contribution in [3.63, 3.8) is 0 Å². The van der Waals surface area contributed by atoms with Gasteiger partial charge in [-0.15, -0.1) is 0 Å². The van der Waals surface area contributed by atoms with E-state index >= 15 is 0 Å². The Balaban J connectivity index is 2.48. The molecule has 7 nitrogen and oxygen atoms in total. The molecule has 0 aromatic carbocycles. The average molecular weight is 291 g/mol. The first-order valence-corrected chi connectivity index (χ1v) is 7.88. The van der Waals surface area contributed by atoms with Crippen LogP contribution in [0.3, 0.4) is 0 Å². The summed E-state index contributed by atoms with van der Waals surface area (Å²) in [7, 11) is -0.362. The second kappa shape index (κ2) is 6.44. The van der Waals surface area contributed by atoms with E-state index in [1.807, 2.05) is 6.92 Å². The molecule has 1 aliphatic heterocycles. The van der Waals surface area contributed by atoms with E-state index in [4.69, 9.17) is 0 Å². The number of carbonyl (C=O) groups is 2. The molecule has 1 fully saturated rings. The monoisotopic (exact) mass is 291 g/mol. The number of carbonyl (C=O) groups excluding carboxylic acids is 2. The van der Waals surface area contributed by atoms with Gasteiger partial charge in [0.05, 0.1) is 18.2 Å². The van der Waals surface area contributed by atoms with E-state index in [-0.39, 0.29) is 30.5 Å². The fourth-order valence-electron chi connectivity index (χ4n) is 1.85. The summed E-state index contributed by atoms with van der Waals surface area (Å²) in [5.41, 5.74) is 0. The van der Waals surface area contributed by atoms with Gasteiger partial charge >= 0.3 is 0 Å². The van der Waals surface area contributed by atoms with Crippen LogP contribution in [0.5, 0.6) is 0 Å². The maximum absolute atomic E-state index is 11.9. The fraction of sp³-hybridized carbons (Fsp3) is 0.818. The first-order valence-electron chi connectivity index (χ1n) is 6.27. The molecule has 0 bridgehead atoms. The minimum Gasteiger partial charge on any atom is -0.304 e. The van der Waals surface area contributed by atoms with Crippen LogP contribution in [0.1, 0.15) is 19.8 Å². The van der Waals surface area contributed by atoms with E-state index < -0.39 is 16.1 Å². The van der Waals surface area contributed by atoms with Gasteiger partial charge in [-0.2, -0.15) is 0 Å². The van der Waals surface area contributed by atoms with Gasteiger partial charge in [-0.05, 0) is 6.42 Å². The molecule has 110 valence electrons. The fourth-order valence-corrected chi connectivity index (χ4v) is 2.59. The lowest BCUT2D eigenvalue weighted by Crippen LogP contribution is -2.41. The summed E-state index contributed by atoms with van der Waals surface area (Å²) in [6, 6.07) is -0.587. The summed E-state index contributed by atoms with van der Waals surface area (Å²) in [6.45, 7) is 2.47. The first kappa shape index (κ1) is 16.1. The zero-order chi connectivity index (χ0) is 14.6. The molecule has 2 amide bonds. The maximum Gasteiger partial charge on any atom is 0.246 e. The summed E-state index contributed by atoms with van der Waals surface area (Å²) >= 11 is 0. The van der Waals surface area contributed by atoms with Gasteiger partial charge in [-0.1, -0.05) is 6.92 Å². The summed E-state index contributed by atoms with van der Waals surface area (Å²) in [4.78, 5) is 24.7. The van der Waals surface area contributed by atoms with Crippen LogP contribution in [0.2, 0.25) is 0 Å². The van der Waals surface area contributed by atoms with E-state index in [0.29, 0.717) is 6.54 Å². The number of nitrogens with one attached hydrogen (secondary N) is 1. The molecule has 8 heteroatoms. The van der Waals surface area contributed by atoms with Crippen molar-refractivity contribution in [2.45, 2.75) is 25.8 Å². The maximum atomic E-state index is 11.9. The molecule has 0 aromatic heterocycles. The predicted octanol–water partition coefficient (Wildman–Crippen LogP) is -0.995. The molecule has 1 aliphatic rings. The largest absolute Gasteiger partial charge is 0.304 e. The van der Waals surface area contributed by atoms with Crippen LogP contribution in [0, 0.1) is 0 Å². The first-order chi connectivity index (χ1) is 8.79. The third kappa shape index (κ3) is 3.99. The minimum absolute atomic E-state index is 0.0915. The van der Waals surface area contributed by atoms with Crippen molar-refractivity contribution >= 4 is 21.8 Å². The number of rotatable bonds is 7. The Labute approximate surface area is 114 Å². The Kier molecular flexibility index (Phi) is 5.45. The highest BCUT2D eigenvalue weighted by Gasteiger charge is 2.37. The topological polar surface area (TPSA) is 86.8 Å². The number of imide groups is 1. The molecule has 1 N–H and O–H groups in total. The van der Waals surface area contributed by atoms with Crippen LogP contribution in [-0.2, 0) is 19.6 Å². The van der Waals surface area contributed by atoms with Gasteiger partial charge in [0.2, 0.25) is 21.8 Å². The molecular weight excluding hydrogens is 270 g/mol. The Morgan fingerprint density at radius 2 is 2.00 bits per heavy atom. The lowest BCUT2D eigenvalue weighted by atomic mass is 10.2. The van der Waals surface area contributed by atoms with Gasteiger partial charge in [0.15, 0.2) is 0 Å². The van der Waals surface area contributed by atoms with Crippen LogP contribution in [0.4, 0.5) is 0 Å². The summed E-state index contributed by atoms with van der Waals surface area (Å²) in [5.74, 6) is -0.542. The van der Waals surface area contributed by atoms with Gasteiger partial charge in [0, 0.05) is 27.2 Å². The van der Waals surface area contributed by atoms with E-state index in [1.54, 1.807) is 0 Å². The Morgan fingerprint density at radius 1 is 1.37 bits per heavy atom. The number of hydrogen-bond donors (Lipinski definition) is 1. The SMILES string of the molecule is CCCN1C(=O)CC(NCCS(=O)(=O)N(C)C)C1=O. The molecule has 19 heavy (non-hydrogen) atoms. The molecule has 0 spiro atoms. The third-order valence-electron chi connectivity index (χ3n) is 3.00. The Bertz CT molecular complexity index is 447. The molecule has 1 heterocycles. The van der Waals surface area contributed by atoms with Crippen LogP contribution in [0.15, 0.2) is 0 Å². The van der Waals surface area contributed by atoms with Gasteiger partial charge in [0.25, 0.3) is 0 Å². The van der Waals surface area contributed by atoms with Crippen LogP contribution in [0.25, 0.3) is 0 Å². The standard InChI is InChI=1S/C11H21N3O4S/c1-4-6-14-10(15)8-9(11(14)16)12-5-7-19(17,18)13(2)3/h9,12H,4-8H2,1-3H3. The number of hydrogen-bond acceptors (Lipinski definition) is 5. The molecule has 1 saturated heterocycles. The molecule has 1 rings (SSSR count). The van der Waals surface area contributed by atoms with E-state index in [9.17, 15) is 18.0 Å². The van der Waals surface area contributed by atoms with Crippen molar-refractivity contribution in [2.24, 2.45) is 0 Å². The van der Waals surface area contributed by atoms with Crippen molar-refractivity contribution in [3.05, 3.63) is 0 Å². The Hall–Kier alpha value is -0.990. The molecule has 1 unspecified atom stereocenters. The van der Waals surface area contributed by atoms with Crippen LogP contribution >= 0.6 is 0 Å². The highest BCUT2D eigenvalue weighted by Crippen LogP contribution is 2.13. The van der Waals surface area contributed by atoms with Gasteiger partial charge in [0.1, 0.15) is 0 Å². The van der Waals surface area contributed by atoms with Crippen molar-refractivity contribution in [1.29, 1.82) is 0 Å². The summed E-state index contributed by atoms with van der Waals surface area (Å²) < 4.78 is 24.2. The number of sulfonamides is 1. The Morgan fingerprint density at radius 3 is 2.53 bits per heavy atom.